The van der Waals surface area contributed by atoms with E-state index in [1.165, 1.54) is 6.33 Å². The Bertz CT molecular complexity index is 531. The third-order valence-electron chi connectivity index (χ3n) is 2.40. The normalized spacial score (nSPS) is 10.5. The number of halogens is 2. The number of aromatic amines is 1. The summed E-state index contributed by atoms with van der Waals surface area (Å²) in [6.45, 7) is 3.38. The van der Waals surface area contributed by atoms with Gasteiger partial charge < -0.3 is 10.1 Å². The molecule has 0 radical (unpaired) electrons. The molecule has 0 saturated heterocycles. The summed E-state index contributed by atoms with van der Waals surface area (Å²) < 4.78 is 7.72. The fourth-order valence-electron chi connectivity index (χ4n) is 1.58. The van der Waals surface area contributed by atoms with Crippen LogP contribution in [0.5, 0.6) is 5.75 Å². The first-order chi connectivity index (χ1) is 9.20. The van der Waals surface area contributed by atoms with Gasteiger partial charge in [0.1, 0.15) is 12.1 Å². The quantitative estimate of drug-likeness (QED) is 0.789. The zero-order valence-electron chi connectivity index (χ0n) is 10.4. The Morgan fingerprint density at radius 2 is 2.21 bits per heavy atom. The molecule has 0 unspecified atom stereocenters. The molecule has 1 aromatic heterocycles. The van der Waals surface area contributed by atoms with Gasteiger partial charge in [-0.15, -0.1) is 0 Å². The monoisotopic (exact) mass is 388 g/mol. The van der Waals surface area contributed by atoms with Crippen LogP contribution in [0.2, 0.25) is 0 Å². The summed E-state index contributed by atoms with van der Waals surface area (Å²) in [5.41, 5.74) is 1.05. The lowest BCUT2D eigenvalue weighted by Crippen LogP contribution is -2.06. The second-order valence-corrected chi connectivity index (χ2v) is 5.68. The summed E-state index contributed by atoms with van der Waals surface area (Å²) in [5.74, 6) is 1.50. The molecule has 0 bridgehead atoms. The Morgan fingerprint density at radius 3 is 2.89 bits per heavy atom. The molecule has 0 fully saturated rings. The number of rotatable bonds is 6. The van der Waals surface area contributed by atoms with Gasteiger partial charge in [0.15, 0.2) is 0 Å². The van der Waals surface area contributed by atoms with Gasteiger partial charge in [0.25, 0.3) is 0 Å². The van der Waals surface area contributed by atoms with E-state index in [-0.39, 0.29) is 0 Å². The van der Waals surface area contributed by atoms with Crippen LogP contribution in [0.4, 0.5) is 5.95 Å². The summed E-state index contributed by atoms with van der Waals surface area (Å²) in [5, 5.41) is 9.72. The Balaban J connectivity index is 2.16. The van der Waals surface area contributed by atoms with Gasteiger partial charge in [0, 0.05) is 16.6 Å². The van der Waals surface area contributed by atoms with E-state index in [4.69, 9.17) is 4.74 Å². The zero-order valence-corrected chi connectivity index (χ0v) is 13.6. The molecule has 102 valence electrons. The highest BCUT2D eigenvalue weighted by Gasteiger charge is 2.10. The average molecular weight is 390 g/mol. The molecule has 2 N–H and O–H groups in total. The lowest BCUT2D eigenvalue weighted by atomic mass is 10.2. The number of nitrogens with one attached hydrogen (secondary N) is 2. The summed E-state index contributed by atoms with van der Waals surface area (Å²) in [7, 11) is 0. The number of aromatic nitrogens is 3. The predicted molar refractivity (Wildman–Crippen MR) is 81.3 cm³/mol. The van der Waals surface area contributed by atoms with E-state index in [0.29, 0.717) is 19.1 Å². The molecule has 0 aliphatic rings. The van der Waals surface area contributed by atoms with Crippen LogP contribution < -0.4 is 10.1 Å². The number of anilines is 1. The smallest absolute Gasteiger partial charge is 0.218 e. The summed E-state index contributed by atoms with van der Waals surface area (Å²) >= 11 is 7.01. The third kappa shape index (κ3) is 3.94. The van der Waals surface area contributed by atoms with Crippen molar-refractivity contribution in [2.75, 3.05) is 11.9 Å². The molecule has 1 aromatic carbocycles. The fraction of sp³-hybridized carbons (Fsp3) is 0.333. The second kappa shape index (κ2) is 6.91. The minimum absolute atomic E-state index is 0.603. The molecule has 0 spiro atoms. The van der Waals surface area contributed by atoms with Crippen LogP contribution in [0.1, 0.15) is 18.9 Å². The van der Waals surface area contributed by atoms with Crippen LogP contribution in [0, 0.1) is 0 Å². The lowest BCUT2D eigenvalue weighted by molar-refractivity contribution is 0.312. The highest BCUT2D eigenvalue weighted by atomic mass is 79.9. The first kappa shape index (κ1) is 14.3. The highest BCUT2D eigenvalue weighted by Crippen LogP contribution is 2.33. The molecule has 2 aromatic rings. The van der Waals surface area contributed by atoms with Crippen molar-refractivity contribution in [2.24, 2.45) is 0 Å². The number of ether oxygens (including phenoxy) is 1. The molecule has 19 heavy (non-hydrogen) atoms. The maximum absolute atomic E-state index is 5.79. The van der Waals surface area contributed by atoms with Crippen LogP contribution in [0.3, 0.4) is 0 Å². The van der Waals surface area contributed by atoms with Crippen molar-refractivity contribution < 1.29 is 4.74 Å². The molecule has 0 amide bonds. The Labute approximate surface area is 128 Å². The Hall–Kier alpha value is -1.08. The molecular weight excluding hydrogens is 376 g/mol. The topological polar surface area (TPSA) is 62.8 Å². The highest BCUT2D eigenvalue weighted by molar-refractivity contribution is 9.11. The van der Waals surface area contributed by atoms with Crippen LogP contribution in [0.25, 0.3) is 0 Å². The summed E-state index contributed by atoms with van der Waals surface area (Å²) in [4.78, 5) is 4.03. The van der Waals surface area contributed by atoms with Crippen molar-refractivity contribution in [3.63, 3.8) is 0 Å². The van der Waals surface area contributed by atoms with Crippen molar-refractivity contribution in [2.45, 2.75) is 19.9 Å². The average Bonchev–Trinajstić information content (AvgIpc) is 2.88. The first-order valence-electron chi connectivity index (χ1n) is 5.90. The minimum Gasteiger partial charge on any atom is -0.492 e. The number of benzene rings is 1. The number of hydrogen-bond acceptors (Lipinski definition) is 4. The molecule has 7 heteroatoms. The number of H-pyrrole nitrogens is 1. The van der Waals surface area contributed by atoms with Crippen molar-refractivity contribution in [1.82, 2.24) is 15.2 Å². The minimum atomic E-state index is 0.603. The lowest BCUT2D eigenvalue weighted by Gasteiger charge is -2.14. The van der Waals surface area contributed by atoms with Crippen LogP contribution >= 0.6 is 31.9 Å². The van der Waals surface area contributed by atoms with Gasteiger partial charge in [-0.3, -0.25) is 0 Å². The van der Waals surface area contributed by atoms with E-state index < -0.39 is 0 Å². The molecule has 0 saturated carbocycles. The molecule has 0 aliphatic carbocycles. The second-order valence-electron chi connectivity index (χ2n) is 3.91. The molecule has 0 atom stereocenters. The molecule has 1 heterocycles. The third-order valence-corrected chi connectivity index (χ3v) is 3.44. The maximum atomic E-state index is 5.79. The van der Waals surface area contributed by atoms with Gasteiger partial charge in [-0.1, -0.05) is 22.9 Å². The predicted octanol–water partition coefficient (Wildman–Crippen LogP) is 3.73. The molecular formula is C12H14Br2N4O. The zero-order chi connectivity index (χ0) is 13.7. The van der Waals surface area contributed by atoms with Crippen LogP contribution in [0.15, 0.2) is 27.4 Å². The van der Waals surface area contributed by atoms with E-state index in [0.717, 1.165) is 26.7 Å². The van der Waals surface area contributed by atoms with Gasteiger partial charge in [-0.05, 0) is 34.5 Å². The largest absolute Gasteiger partial charge is 0.492 e. The van der Waals surface area contributed by atoms with Crippen LogP contribution in [-0.4, -0.2) is 21.8 Å². The van der Waals surface area contributed by atoms with E-state index in [2.05, 4.69) is 59.3 Å². The van der Waals surface area contributed by atoms with Gasteiger partial charge >= 0.3 is 0 Å². The van der Waals surface area contributed by atoms with Gasteiger partial charge in [0.2, 0.25) is 5.95 Å². The van der Waals surface area contributed by atoms with E-state index in [9.17, 15) is 0 Å². The molecule has 5 nitrogen and oxygen atoms in total. The Kier molecular flexibility index (Phi) is 5.21. The summed E-state index contributed by atoms with van der Waals surface area (Å²) in [6.07, 6.45) is 2.44. The van der Waals surface area contributed by atoms with Crippen molar-refractivity contribution >= 4 is 37.8 Å². The fourth-order valence-corrected chi connectivity index (χ4v) is 3.01. The Morgan fingerprint density at radius 1 is 1.37 bits per heavy atom. The molecule has 0 aliphatic heterocycles. The molecule has 2 rings (SSSR count). The summed E-state index contributed by atoms with van der Waals surface area (Å²) in [6, 6.07) is 4.00. The van der Waals surface area contributed by atoms with Crippen molar-refractivity contribution in [1.29, 1.82) is 0 Å². The van der Waals surface area contributed by atoms with Gasteiger partial charge in [-0.25, -0.2) is 10.1 Å². The first-order valence-corrected chi connectivity index (χ1v) is 7.49. The maximum Gasteiger partial charge on any atom is 0.218 e. The van der Waals surface area contributed by atoms with Gasteiger partial charge in [-0.2, -0.15) is 5.10 Å². The van der Waals surface area contributed by atoms with E-state index in [1.807, 2.05) is 12.1 Å². The number of hydrogen-bond donors (Lipinski definition) is 2. The SMILES string of the molecule is CCCOc1c(Br)cc(Br)cc1CNc1ncn[nH]1. The standard InChI is InChI=1S/C12H14Br2N4O/c1-2-3-19-11-8(4-9(13)5-10(11)14)6-15-12-16-7-17-18-12/h4-5,7H,2-3,6H2,1H3,(H2,15,16,17,18). The van der Waals surface area contributed by atoms with Gasteiger partial charge in [0.05, 0.1) is 11.1 Å². The van der Waals surface area contributed by atoms with Crippen molar-refractivity contribution in [3.8, 4) is 5.75 Å². The van der Waals surface area contributed by atoms with E-state index in [1.54, 1.807) is 0 Å². The van der Waals surface area contributed by atoms with E-state index >= 15 is 0 Å². The van der Waals surface area contributed by atoms with Crippen molar-refractivity contribution in [3.05, 3.63) is 33.0 Å². The van der Waals surface area contributed by atoms with Crippen LogP contribution in [-0.2, 0) is 6.54 Å². The number of nitrogens with zero attached hydrogens (tertiary/aromatic N) is 2.